The summed E-state index contributed by atoms with van der Waals surface area (Å²) in [5.74, 6) is 1.16. The van der Waals surface area contributed by atoms with Gasteiger partial charge in [0.05, 0.1) is 19.5 Å². The highest BCUT2D eigenvalue weighted by Gasteiger charge is 2.17. The summed E-state index contributed by atoms with van der Waals surface area (Å²) in [4.78, 5) is 16.8. The van der Waals surface area contributed by atoms with Gasteiger partial charge in [-0.2, -0.15) is 0 Å². The van der Waals surface area contributed by atoms with Gasteiger partial charge in [0.25, 0.3) is 5.91 Å². The van der Waals surface area contributed by atoms with Gasteiger partial charge in [-0.3, -0.25) is 4.79 Å². The Morgan fingerprint density at radius 1 is 1.14 bits per heavy atom. The fraction of sp³-hybridized carbons (Fsp3) is 0.333. The average molecular weight is 392 g/mol. The van der Waals surface area contributed by atoms with Crippen LogP contribution in [-0.2, 0) is 6.54 Å². The molecule has 0 aliphatic heterocycles. The van der Waals surface area contributed by atoms with Gasteiger partial charge in [-0.25, -0.2) is 4.98 Å². The first kappa shape index (κ1) is 20.6. The molecule has 1 aromatic heterocycles. The lowest BCUT2D eigenvalue weighted by atomic mass is 9.93. The smallest absolute Gasteiger partial charge is 0.251 e. The highest BCUT2D eigenvalue weighted by atomic mass is 16.5. The number of hydrogen-bond donors (Lipinski definition) is 1. The van der Waals surface area contributed by atoms with Gasteiger partial charge in [-0.05, 0) is 66.3 Å². The van der Waals surface area contributed by atoms with Crippen LogP contribution in [0.4, 0.5) is 0 Å². The molecular formula is C24H29N3O2. The summed E-state index contributed by atoms with van der Waals surface area (Å²) in [6, 6.07) is 11.8. The number of nitrogens with one attached hydrogen (secondary N) is 1. The third-order valence-corrected chi connectivity index (χ3v) is 5.19. The third-order valence-electron chi connectivity index (χ3n) is 5.19. The second kappa shape index (κ2) is 8.95. The summed E-state index contributed by atoms with van der Waals surface area (Å²) in [6.45, 7) is 9.10. The van der Waals surface area contributed by atoms with Gasteiger partial charge >= 0.3 is 0 Å². The van der Waals surface area contributed by atoms with Gasteiger partial charge in [-0.15, -0.1) is 0 Å². The van der Waals surface area contributed by atoms with Crippen molar-refractivity contribution < 1.29 is 9.53 Å². The quantitative estimate of drug-likeness (QED) is 0.626. The number of nitrogens with zero attached hydrogens (tertiary/aromatic N) is 2. The molecule has 2 aromatic carbocycles. The summed E-state index contributed by atoms with van der Waals surface area (Å²) in [6.07, 6.45) is 5.46. The van der Waals surface area contributed by atoms with Crippen LogP contribution >= 0.6 is 0 Å². The van der Waals surface area contributed by atoms with E-state index in [-0.39, 0.29) is 11.9 Å². The Morgan fingerprint density at radius 2 is 1.86 bits per heavy atom. The Balaban J connectivity index is 1.72. The van der Waals surface area contributed by atoms with Crippen LogP contribution in [0, 0.1) is 6.92 Å². The van der Waals surface area contributed by atoms with E-state index in [2.05, 4.69) is 43.2 Å². The number of rotatable bonds is 7. The molecule has 0 radical (unpaired) electrons. The Hall–Kier alpha value is -3.08. The second-order valence-electron chi connectivity index (χ2n) is 7.73. The molecule has 0 aliphatic rings. The Morgan fingerprint density at radius 3 is 2.45 bits per heavy atom. The molecule has 152 valence electrons. The highest BCUT2D eigenvalue weighted by Crippen LogP contribution is 2.32. The first-order valence-corrected chi connectivity index (χ1v) is 9.93. The number of imidazole rings is 1. The molecular weight excluding hydrogens is 362 g/mol. The summed E-state index contributed by atoms with van der Waals surface area (Å²) >= 11 is 0. The molecule has 5 nitrogen and oxygen atoms in total. The molecule has 29 heavy (non-hydrogen) atoms. The van der Waals surface area contributed by atoms with E-state index in [1.54, 1.807) is 19.6 Å². The lowest BCUT2D eigenvalue weighted by molar-refractivity contribution is 0.0940. The molecule has 0 spiro atoms. The van der Waals surface area contributed by atoms with Crippen molar-refractivity contribution in [2.75, 3.05) is 7.11 Å². The normalized spacial score (nSPS) is 12.1. The summed E-state index contributed by atoms with van der Waals surface area (Å²) < 4.78 is 7.52. The molecule has 0 bridgehead atoms. The minimum Gasteiger partial charge on any atom is -0.496 e. The van der Waals surface area contributed by atoms with Gasteiger partial charge in [0, 0.05) is 24.5 Å². The van der Waals surface area contributed by atoms with E-state index >= 15 is 0 Å². The van der Waals surface area contributed by atoms with Crippen molar-refractivity contribution in [3.05, 3.63) is 82.9 Å². The summed E-state index contributed by atoms with van der Waals surface area (Å²) in [5.41, 5.74) is 5.15. The van der Waals surface area contributed by atoms with Gasteiger partial charge < -0.3 is 14.6 Å². The molecule has 0 saturated heterocycles. The zero-order chi connectivity index (χ0) is 21.0. The maximum atomic E-state index is 12.8. The van der Waals surface area contributed by atoms with Crippen LogP contribution in [-0.4, -0.2) is 22.6 Å². The van der Waals surface area contributed by atoms with Crippen molar-refractivity contribution in [3.8, 4) is 5.75 Å². The molecule has 3 aromatic rings. The monoisotopic (exact) mass is 391 g/mol. The standard InChI is InChI=1S/C24H29N3O2/c1-16(2)21-13-22(17(3)12-23(21)29-5)18(4)26-24(28)20-8-6-19(7-9-20)14-27-11-10-25-15-27/h6-13,15-16,18H,14H2,1-5H3,(H,26,28). The molecule has 1 unspecified atom stereocenters. The summed E-state index contributed by atoms with van der Waals surface area (Å²) in [5, 5.41) is 3.13. The van der Waals surface area contributed by atoms with Crippen molar-refractivity contribution in [2.45, 2.75) is 46.2 Å². The number of carbonyl (C=O) groups excluding carboxylic acids is 1. The largest absolute Gasteiger partial charge is 0.496 e. The molecule has 3 rings (SSSR count). The maximum Gasteiger partial charge on any atom is 0.251 e. The molecule has 1 N–H and O–H groups in total. The minimum atomic E-state index is -0.100. The van der Waals surface area contributed by atoms with Crippen LogP contribution < -0.4 is 10.1 Å². The molecule has 1 amide bonds. The number of hydrogen-bond acceptors (Lipinski definition) is 3. The molecule has 0 saturated carbocycles. The Labute approximate surface area is 172 Å². The van der Waals surface area contributed by atoms with Crippen molar-refractivity contribution in [1.29, 1.82) is 0 Å². The number of amides is 1. The van der Waals surface area contributed by atoms with Crippen LogP contribution in [0.25, 0.3) is 0 Å². The number of methoxy groups -OCH3 is 1. The second-order valence-corrected chi connectivity index (χ2v) is 7.73. The van der Waals surface area contributed by atoms with E-state index in [1.807, 2.05) is 42.0 Å². The van der Waals surface area contributed by atoms with E-state index in [0.717, 1.165) is 34.5 Å². The average Bonchev–Trinajstić information content (AvgIpc) is 3.20. The van der Waals surface area contributed by atoms with Crippen molar-refractivity contribution in [2.24, 2.45) is 0 Å². The number of ether oxygens (including phenoxy) is 1. The van der Waals surface area contributed by atoms with Gasteiger partial charge in [0.15, 0.2) is 0 Å². The Bertz CT molecular complexity index is 961. The van der Waals surface area contributed by atoms with Crippen LogP contribution in [0.15, 0.2) is 55.1 Å². The van der Waals surface area contributed by atoms with Gasteiger partial charge in [0.2, 0.25) is 0 Å². The Kier molecular flexibility index (Phi) is 6.37. The van der Waals surface area contributed by atoms with Crippen LogP contribution in [0.1, 0.15) is 65.3 Å². The third kappa shape index (κ3) is 4.86. The summed E-state index contributed by atoms with van der Waals surface area (Å²) in [7, 11) is 1.70. The molecule has 0 fully saturated rings. The number of aryl methyl sites for hydroxylation is 1. The van der Waals surface area contributed by atoms with Gasteiger partial charge in [-0.1, -0.05) is 26.0 Å². The van der Waals surface area contributed by atoms with E-state index in [1.165, 1.54) is 0 Å². The van der Waals surface area contributed by atoms with E-state index in [9.17, 15) is 4.79 Å². The predicted octanol–water partition coefficient (Wildman–Crippen LogP) is 4.86. The van der Waals surface area contributed by atoms with Crippen LogP contribution in [0.2, 0.25) is 0 Å². The first-order chi connectivity index (χ1) is 13.9. The highest BCUT2D eigenvalue weighted by molar-refractivity contribution is 5.94. The van der Waals surface area contributed by atoms with Gasteiger partial charge in [0.1, 0.15) is 5.75 Å². The first-order valence-electron chi connectivity index (χ1n) is 9.93. The van der Waals surface area contributed by atoms with Crippen molar-refractivity contribution in [1.82, 2.24) is 14.9 Å². The fourth-order valence-electron chi connectivity index (χ4n) is 3.52. The van der Waals surface area contributed by atoms with E-state index in [4.69, 9.17) is 4.74 Å². The van der Waals surface area contributed by atoms with Crippen LogP contribution in [0.5, 0.6) is 5.75 Å². The molecule has 1 atom stereocenters. The topological polar surface area (TPSA) is 56.1 Å². The lowest BCUT2D eigenvalue weighted by Gasteiger charge is -2.21. The number of aromatic nitrogens is 2. The molecule has 1 heterocycles. The van der Waals surface area contributed by atoms with E-state index in [0.29, 0.717) is 11.5 Å². The predicted molar refractivity (Wildman–Crippen MR) is 115 cm³/mol. The maximum absolute atomic E-state index is 12.8. The zero-order valence-corrected chi connectivity index (χ0v) is 17.8. The van der Waals surface area contributed by atoms with Crippen molar-refractivity contribution >= 4 is 5.91 Å². The minimum absolute atomic E-state index is 0.0759. The SMILES string of the molecule is COc1cc(C)c(C(C)NC(=O)c2ccc(Cn3ccnc3)cc2)cc1C(C)C. The van der Waals surface area contributed by atoms with Crippen molar-refractivity contribution in [3.63, 3.8) is 0 Å². The number of benzene rings is 2. The van der Waals surface area contributed by atoms with E-state index < -0.39 is 0 Å². The zero-order valence-electron chi connectivity index (χ0n) is 17.8. The van der Waals surface area contributed by atoms with Crippen LogP contribution in [0.3, 0.4) is 0 Å². The molecule has 0 aliphatic carbocycles. The number of carbonyl (C=O) groups is 1. The lowest BCUT2D eigenvalue weighted by Crippen LogP contribution is -2.27. The fourth-order valence-corrected chi connectivity index (χ4v) is 3.52. The molecule has 5 heteroatoms.